The molecule has 4 heteroatoms. The average Bonchev–Trinajstić information content (AvgIpc) is 2.95. The van der Waals surface area contributed by atoms with E-state index in [0.29, 0.717) is 5.69 Å². The van der Waals surface area contributed by atoms with E-state index in [1.54, 1.807) is 0 Å². The summed E-state index contributed by atoms with van der Waals surface area (Å²) >= 11 is 0. The van der Waals surface area contributed by atoms with Crippen LogP contribution in [-0.2, 0) is 4.79 Å². The molecule has 2 rings (SSSR count). The monoisotopic (exact) mass is 289 g/mol. The Morgan fingerprint density at radius 2 is 2.10 bits per heavy atom. The fourth-order valence-electron chi connectivity index (χ4n) is 2.98. The van der Waals surface area contributed by atoms with Gasteiger partial charge in [0, 0.05) is 17.9 Å². The highest BCUT2D eigenvalue weighted by Gasteiger charge is 2.23. The molecule has 3 N–H and O–H groups in total. The Morgan fingerprint density at radius 1 is 1.43 bits per heavy atom. The maximum absolute atomic E-state index is 12.4. The van der Waals surface area contributed by atoms with Crippen LogP contribution in [0.2, 0.25) is 0 Å². The molecule has 0 spiro atoms. The SMILES string of the molecule is Cc1c(N)cccc1NC(=O)C(C)N(C)CC1CCCC1. The zero-order valence-corrected chi connectivity index (χ0v) is 13.4. The van der Waals surface area contributed by atoms with Crippen molar-refractivity contribution in [1.82, 2.24) is 4.90 Å². The van der Waals surface area contributed by atoms with Gasteiger partial charge < -0.3 is 11.1 Å². The van der Waals surface area contributed by atoms with E-state index in [2.05, 4.69) is 10.2 Å². The van der Waals surface area contributed by atoms with Gasteiger partial charge in [0.1, 0.15) is 0 Å². The number of carbonyl (C=O) groups is 1. The van der Waals surface area contributed by atoms with Crippen molar-refractivity contribution in [2.24, 2.45) is 5.92 Å². The average molecular weight is 289 g/mol. The Balaban J connectivity index is 1.93. The molecule has 1 unspecified atom stereocenters. The summed E-state index contributed by atoms with van der Waals surface area (Å²) in [6, 6.07) is 5.48. The second-order valence-electron chi connectivity index (χ2n) is 6.28. The van der Waals surface area contributed by atoms with Gasteiger partial charge in [-0.15, -0.1) is 0 Å². The minimum Gasteiger partial charge on any atom is -0.398 e. The molecule has 1 saturated carbocycles. The second-order valence-corrected chi connectivity index (χ2v) is 6.28. The molecule has 1 amide bonds. The molecule has 1 atom stereocenters. The van der Waals surface area contributed by atoms with Gasteiger partial charge in [-0.3, -0.25) is 9.69 Å². The van der Waals surface area contributed by atoms with Gasteiger partial charge >= 0.3 is 0 Å². The fourth-order valence-corrected chi connectivity index (χ4v) is 2.98. The zero-order chi connectivity index (χ0) is 15.4. The Labute approximate surface area is 127 Å². The summed E-state index contributed by atoms with van der Waals surface area (Å²) in [5, 5.41) is 3.00. The van der Waals surface area contributed by atoms with Gasteiger partial charge in [-0.05, 0) is 57.4 Å². The first-order valence-electron chi connectivity index (χ1n) is 7.85. The van der Waals surface area contributed by atoms with Gasteiger partial charge in [-0.25, -0.2) is 0 Å². The number of benzene rings is 1. The first kappa shape index (κ1) is 15.8. The maximum atomic E-state index is 12.4. The molecule has 0 aliphatic heterocycles. The topological polar surface area (TPSA) is 58.4 Å². The summed E-state index contributed by atoms with van der Waals surface area (Å²) in [6.07, 6.45) is 5.27. The summed E-state index contributed by atoms with van der Waals surface area (Å²) in [5.74, 6) is 0.781. The van der Waals surface area contributed by atoms with Gasteiger partial charge in [0.2, 0.25) is 5.91 Å². The van der Waals surface area contributed by atoms with Crippen LogP contribution in [0, 0.1) is 12.8 Å². The predicted octanol–water partition coefficient (Wildman–Crippen LogP) is 3.03. The van der Waals surface area contributed by atoms with E-state index in [1.165, 1.54) is 25.7 Å². The summed E-state index contributed by atoms with van der Waals surface area (Å²) in [4.78, 5) is 14.6. The molecular weight excluding hydrogens is 262 g/mol. The first-order chi connectivity index (χ1) is 9.99. The molecule has 0 heterocycles. The number of rotatable bonds is 5. The number of amides is 1. The molecule has 1 fully saturated rings. The fraction of sp³-hybridized carbons (Fsp3) is 0.588. The standard InChI is InChI=1S/C17H27N3O/c1-12-15(18)9-6-10-16(12)19-17(21)13(2)20(3)11-14-7-4-5-8-14/h6,9-10,13-14H,4-5,7-8,11,18H2,1-3H3,(H,19,21). The normalized spacial score (nSPS) is 17.1. The third-order valence-corrected chi connectivity index (χ3v) is 4.70. The minimum atomic E-state index is -0.133. The lowest BCUT2D eigenvalue weighted by atomic mass is 10.1. The summed E-state index contributed by atoms with van der Waals surface area (Å²) < 4.78 is 0. The molecule has 21 heavy (non-hydrogen) atoms. The highest BCUT2D eigenvalue weighted by molar-refractivity contribution is 5.95. The zero-order valence-electron chi connectivity index (χ0n) is 13.4. The third kappa shape index (κ3) is 3.97. The van der Waals surface area contributed by atoms with E-state index in [9.17, 15) is 4.79 Å². The molecular formula is C17H27N3O. The molecule has 1 aliphatic rings. The van der Waals surface area contributed by atoms with Gasteiger partial charge in [0.25, 0.3) is 0 Å². The number of likely N-dealkylation sites (N-methyl/N-ethyl adjacent to an activating group) is 1. The van der Waals surface area contributed by atoms with Crippen LogP contribution in [0.5, 0.6) is 0 Å². The smallest absolute Gasteiger partial charge is 0.241 e. The summed E-state index contributed by atoms with van der Waals surface area (Å²) in [5.41, 5.74) is 8.32. The van der Waals surface area contributed by atoms with E-state index < -0.39 is 0 Å². The van der Waals surface area contributed by atoms with E-state index in [1.807, 2.05) is 39.1 Å². The van der Waals surface area contributed by atoms with Crippen molar-refractivity contribution in [3.63, 3.8) is 0 Å². The van der Waals surface area contributed by atoms with Crippen LogP contribution in [0.15, 0.2) is 18.2 Å². The van der Waals surface area contributed by atoms with Crippen LogP contribution < -0.4 is 11.1 Å². The summed E-state index contributed by atoms with van der Waals surface area (Å²) in [6.45, 7) is 4.90. The van der Waals surface area contributed by atoms with Crippen molar-refractivity contribution in [2.75, 3.05) is 24.6 Å². The van der Waals surface area contributed by atoms with E-state index in [-0.39, 0.29) is 11.9 Å². The lowest BCUT2D eigenvalue weighted by Crippen LogP contribution is -2.41. The van der Waals surface area contributed by atoms with Crippen LogP contribution in [0.3, 0.4) is 0 Å². The predicted molar refractivity (Wildman–Crippen MR) is 88.3 cm³/mol. The number of anilines is 2. The van der Waals surface area contributed by atoms with Gasteiger partial charge in [0.05, 0.1) is 6.04 Å². The van der Waals surface area contributed by atoms with Crippen molar-refractivity contribution in [3.05, 3.63) is 23.8 Å². The molecule has 0 saturated heterocycles. The van der Waals surface area contributed by atoms with Gasteiger partial charge in [-0.1, -0.05) is 18.9 Å². The van der Waals surface area contributed by atoms with Crippen molar-refractivity contribution in [1.29, 1.82) is 0 Å². The minimum absolute atomic E-state index is 0.0317. The maximum Gasteiger partial charge on any atom is 0.241 e. The lowest BCUT2D eigenvalue weighted by molar-refractivity contribution is -0.120. The molecule has 116 valence electrons. The molecule has 1 aliphatic carbocycles. The molecule has 0 bridgehead atoms. The van der Waals surface area contributed by atoms with Crippen LogP contribution >= 0.6 is 0 Å². The molecule has 1 aromatic rings. The Bertz CT molecular complexity index is 495. The number of nitrogens with two attached hydrogens (primary N) is 1. The Hall–Kier alpha value is -1.55. The number of hydrogen-bond donors (Lipinski definition) is 2. The third-order valence-electron chi connectivity index (χ3n) is 4.70. The highest BCUT2D eigenvalue weighted by atomic mass is 16.2. The molecule has 0 aromatic heterocycles. The number of nitrogens with zero attached hydrogens (tertiary/aromatic N) is 1. The van der Waals surface area contributed by atoms with Gasteiger partial charge in [0.15, 0.2) is 0 Å². The van der Waals surface area contributed by atoms with Crippen LogP contribution in [0.25, 0.3) is 0 Å². The van der Waals surface area contributed by atoms with Gasteiger partial charge in [-0.2, -0.15) is 0 Å². The van der Waals surface area contributed by atoms with E-state index >= 15 is 0 Å². The number of hydrogen-bond acceptors (Lipinski definition) is 3. The lowest BCUT2D eigenvalue weighted by Gasteiger charge is -2.26. The van der Waals surface area contributed by atoms with Crippen molar-refractivity contribution >= 4 is 17.3 Å². The van der Waals surface area contributed by atoms with E-state index in [4.69, 9.17) is 5.73 Å². The van der Waals surface area contributed by atoms with Crippen molar-refractivity contribution < 1.29 is 4.79 Å². The number of nitrogens with one attached hydrogen (secondary N) is 1. The van der Waals surface area contributed by atoms with E-state index in [0.717, 1.165) is 23.7 Å². The highest BCUT2D eigenvalue weighted by Crippen LogP contribution is 2.26. The van der Waals surface area contributed by atoms with Crippen molar-refractivity contribution in [3.8, 4) is 0 Å². The van der Waals surface area contributed by atoms with Crippen LogP contribution in [0.1, 0.15) is 38.2 Å². The Morgan fingerprint density at radius 3 is 2.76 bits per heavy atom. The summed E-state index contributed by atoms with van der Waals surface area (Å²) in [7, 11) is 2.04. The first-order valence-corrected chi connectivity index (χ1v) is 7.85. The van der Waals surface area contributed by atoms with Crippen LogP contribution in [-0.4, -0.2) is 30.4 Å². The second kappa shape index (κ2) is 6.94. The van der Waals surface area contributed by atoms with Crippen molar-refractivity contribution in [2.45, 2.75) is 45.6 Å². The Kier molecular flexibility index (Phi) is 5.23. The molecule has 4 nitrogen and oxygen atoms in total. The quantitative estimate of drug-likeness (QED) is 0.819. The number of carbonyl (C=O) groups excluding carboxylic acids is 1. The van der Waals surface area contributed by atoms with Crippen LogP contribution in [0.4, 0.5) is 11.4 Å². The largest absolute Gasteiger partial charge is 0.398 e. The molecule has 1 aromatic carbocycles. The molecule has 0 radical (unpaired) electrons. The number of nitrogen functional groups attached to an aromatic ring is 1.